The summed E-state index contributed by atoms with van der Waals surface area (Å²) in [5.74, 6) is -0.611. The minimum absolute atomic E-state index is 0.0470. The zero-order valence-corrected chi connectivity index (χ0v) is 12.9. The lowest BCUT2D eigenvalue weighted by Crippen LogP contribution is -2.30. The molecular weight excluding hydrogens is 334 g/mol. The van der Waals surface area contributed by atoms with E-state index in [9.17, 15) is 19.7 Å². The summed E-state index contributed by atoms with van der Waals surface area (Å²) in [5, 5.41) is 13.8. The molecule has 3 amide bonds. The minimum atomic E-state index is -0.646. The van der Waals surface area contributed by atoms with Gasteiger partial charge in [-0.05, 0) is 30.3 Å². The van der Waals surface area contributed by atoms with Gasteiger partial charge in [0.2, 0.25) is 0 Å². The number of nitrogens with zero attached hydrogens (tertiary/aromatic N) is 2. The summed E-state index contributed by atoms with van der Waals surface area (Å²) in [5.41, 5.74) is 0.331. The van der Waals surface area contributed by atoms with Crippen molar-refractivity contribution in [3.8, 4) is 0 Å². The number of para-hydroxylation sites is 1. The van der Waals surface area contributed by atoms with Gasteiger partial charge in [-0.2, -0.15) is 0 Å². The molecule has 1 heterocycles. The molecule has 8 heteroatoms. The number of halogens is 1. The van der Waals surface area contributed by atoms with Crippen LogP contribution < -0.4 is 10.2 Å². The Labute approximate surface area is 141 Å². The standard InChI is InChI=1S/C16H10ClN3O4/c17-11-5-3-6-12(9-11)19-15(21)13(18-16(19)22)8-10-4-1-2-7-14(10)20(23)24/h1-9H,(H,18,22)/b13-8+. The first kappa shape index (κ1) is 15.7. The van der Waals surface area contributed by atoms with Gasteiger partial charge < -0.3 is 5.32 Å². The van der Waals surface area contributed by atoms with E-state index in [1.807, 2.05) is 0 Å². The van der Waals surface area contributed by atoms with Crippen LogP contribution in [0.4, 0.5) is 16.2 Å². The molecule has 1 saturated heterocycles. The van der Waals surface area contributed by atoms with Crippen molar-refractivity contribution in [1.29, 1.82) is 0 Å². The number of nitrogens with one attached hydrogen (secondary N) is 1. The fourth-order valence-corrected chi connectivity index (χ4v) is 2.50. The summed E-state index contributed by atoms with van der Waals surface area (Å²) in [4.78, 5) is 36.0. The minimum Gasteiger partial charge on any atom is -0.302 e. The van der Waals surface area contributed by atoms with Crippen molar-refractivity contribution in [1.82, 2.24) is 5.32 Å². The fourth-order valence-electron chi connectivity index (χ4n) is 2.32. The number of imide groups is 1. The number of hydrogen-bond acceptors (Lipinski definition) is 4. The number of nitro benzene ring substituents is 1. The Morgan fingerprint density at radius 2 is 1.88 bits per heavy atom. The molecule has 120 valence electrons. The quantitative estimate of drug-likeness (QED) is 0.400. The van der Waals surface area contributed by atoms with E-state index in [-0.39, 0.29) is 16.9 Å². The van der Waals surface area contributed by atoms with Crippen molar-refractivity contribution in [3.05, 3.63) is 74.9 Å². The molecule has 0 bridgehead atoms. The van der Waals surface area contributed by atoms with Crippen LogP contribution in [0.25, 0.3) is 6.08 Å². The van der Waals surface area contributed by atoms with E-state index in [1.54, 1.807) is 24.3 Å². The van der Waals surface area contributed by atoms with Crippen LogP contribution in [0.2, 0.25) is 5.02 Å². The van der Waals surface area contributed by atoms with E-state index in [4.69, 9.17) is 11.6 Å². The Morgan fingerprint density at radius 1 is 1.12 bits per heavy atom. The number of nitro groups is 1. The summed E-state index contributed by atoms with van der Waals surface area (Å²) in [7, 11) is 0. The Kier molecular flexibility index (Phi) is 4.01. The average molecular weight is 344 g/mol. The van der Waals surface area contributed by atoms with Crippen LogP contribution in [0.15, 0.2) is 54.2 Å². The summed E-state index contributed by atoms with van der Waals surface area (Å²) >= 11 is 5.88. The number of carbonyl (C=O) groups is 2. The van der Waals surface area contributed by atoms with Gasteiger partial charge in [-0.15, -0.1) is 0 Å². The molecule has 24 heavy (non-hydrogen) atoms. The summed E-state index contributed by atoms with van der Waals surface area (Å²) < 4.78 is 0. The molecule has 2 aromatic carbocycles. The molecule has 1 fully saturated rings. The molecular formula is C16H10ClN3O4. The van der Waals surface area contributed by atoms with Gasteiger partial charge >= 0.3 is 6.03 Å². The van der Waals surface area contributed by atoms with Gasteiger partial charge in [0, 0.05) is 11.1 Å². The normalized spacial score (nSPS) is 15.7. The average Bonchev–Trinajstić information content (AvgIpc) is 2.81. The van der Waals surface area contributed by atoms with Crippen molar-refractivity contribution >= 4 is 41.0 Å². The van der Waals surface area contributed by atoms with Gasteiger partial charge in [-0.1, -0.05) is 29.8 Å². The second-order valence-corrected chi connectivity index (χ2v) is 5.36. The van der Waals surface area contributed by atoms with E-state index >= 15 is 0 Å². The van der Waals surface area contributed by atoms with Crippen molar-refractivity contribution in [2.24, 2.45) is 0 Å². The second kappa shape index (κ2) is 6.13. The SMILES string of the molecule is O=C1N/C(=C/c2ccccc2[N+](=O)[O-])C(=O)N1c1cccc(Cl)c1. The lowest BCUT2D eigenvalue weighted by Gasteiger charge is -2.11. The number of carbonyl (C=O) groups excluding carboxylic acids is 2. The molecule has 0 spiro atoms. The van der Waals surface area contributed by atoms with E-state index in [0.717, 1.165) is 4.90 Å². The number of benzene rings is 2. The van der Waals surface area contributed by atoms with Gasteiger partial charge in [0.05, 0.1) is 16.2 Å². The molecule has 0 aliphatic carbocycles. The van der Waals surface area contributed by atoms with Crippen molar-refractivity contribution in [2.45, 2.75) is 0 Å². The molecule has 3 rings (SSSR count). The Balaban J connectivity index is 1.99. The first-order valence-corrected chi connectivity index (χ1v) is 7.21. The molecule has 0 radical (unpaired) electrons. The van der Waals surface area contributed by atoms with Crippen LogP contribution in [0.3, 0.4) is 0 Å². The molecule has 1 N–H and O–H groups in total. The third-order valence-electron chi connectivity index (χ3n) is 3.38. The van der Waals surface area contributed by atoms with Crippen molar-refractivity contribution in [3.63, 3.8) is 0 Å². The molecule has 7 nitrogen and oxygen atoms in total. The third kappa shape index (κ3) is 2.84. The Hall–Kier alpha value is -3.19. The molecule has 0 aromatic heterocycles. The van der Waals surface area contributed by atoms with Crippen LogP contribution in [-0.2, 0) is 4.79 Å². The molecule has 1 aliphatic heterocycles. The van der Waals surface area contributed by atoms with E-state index in [0.29, 0.717) is 10.7 Å². The molecule has 0 saturated carbocycles. The zero-order valence-electron chi connectivity index (χ0n) is 12.1. The summed E-state index contributed by atoms with van der Waals surface area (Å²) in [6.07, 6.45) is 1.28. The van der Waals surface area contributed by atoms with Crippen LogP contribution in [0.5, 0.6) is 0 Å². The van der Waals surface area contributed by atoms with Crippen molar-refractivity contribution in [2.75, 3.05) is 4.90 Å². The maximum Gasteiger partial charge on any atom is 0.333 e. The maximum absolute atomic E-state index is 12.5. The van der Waals surface area contributed by atoms with Crippen LogP contribution in [-0.4, -0.2) is 16.9 Å². The number of rotatable bonds is 3. The number of urea groups is 1. The first-order valence-electron chi connectivity index (χ1n) is 6.83. The van der Waals surface area contributed by atoms with Crippen LogP contribution in [0.1, 0.15) is 5.56 Å². The van der Waals surface area contributed by atoms with Gasteiger partial charge in [-0.25, -0.2) is 9.69 Å². The highest BCUT2D eigenvalue weighted by Gasteiger charge is 2.35. The lowest BCUT2D eigenvalue weighted by molar-refractivity contribution is -0.385. The molecule has 0 unspecified atom stereocenters. The lowest BCUT2D eigenvalue weighted by atomic mass is 10.1. The predicted molar refractivity (Wildman–Crippen MR) is 88.5 cm³/mol. The van der Waals surface area contributed by atoms with Gasteiger partial charge in [-0.3, -0.25) is 14.9 Å². The second-order valence-electron chi connectivity index (χ2n) is 4.92. The van der Waals surface area contributed by atoms with Gasteiger partial charge in [0.15, 0.2) is 0 Å². The maximum atomic E-state index is 12.5. The topological polar surface area (TPSA) is 92.5 Å². The highest BCUT2D eigenvalue weighted by molar-refractivity contribution is 6.32. The van der Waals surface area contributed by atoms with Gasteiger partial charge in [0.25, 0.3) is 11.6 Å². The highest BCUT2D eigenvalue weighted by atomic mass is 35.5. The fraction of sp³-hybridized carbons (Fsp3) is 0. The Bertz CT molecular complexity index is 894. The largest absolute Gasteiger partial charge is 0.333 e. The number of amides is 3. The monoisotopic (exact) mass is 343 g/mol. The molecule has 0 atom stereocenters. The molecule has 2 aromatic rings. The smallest absolute Gasteiger partial charge is 0.302 e. The summed E-state index contributed by atoms with van der Waals surface area (Å²) in [6, 6.07) is 11.6. The zero-order chi connectivity index (χ0) is 17.3. The van der Waals surface area contributed by atoms with Crippen LogP contribution in [0, 0.1) is 10.1 Å². The van der Waals surface area contributed by atoms with Gasteiger partial charge in [0.1, 0.15) is 5.70 Å². The Morgan fingerprint density at radius 3 is 2.58 bits per heavy atom. The van der Waals surface area contributed by atoms with Crippen molar-refractivity contribution < 1.29 is 14.5 Å². The number of hydrogen-bond donors (Lipinski definition) is 1. The third-order valence-corrected chi connectivity index (χ3v) is 3.61. The van der Waals surface area contributed by atoms with E-state index < -0.39 is 16.9 Å². The van der Waals surface area contributed by atoms with E-state index in [2.05, 4.69) is 5.32 Å². The highest BCUT2D eigenvalue weighted by Crippen LogP contribution is 2.26. The predicted octanol–water partition coefficient (Wildman–Crippen LogP) is 3.35. The summed E-state index contributed by atoms with van der Waals surface area (Å²) in [6.45, 7) is 0. The van der Waals surface area contributed by atoms with Crippen LogP contribution >= 0.6 is 11.6 Å². The molecule has 1 aliphatic rings. The first-order chi connectivity index (χ1) is 11.5. The van der Waals surface area contributed by atoms with E-state index in [1.165, 1.54) is 30.3 Å². The number of anilines is 1.